The van der Waals surface area contributed by atoms with Crippen LogP contribution < -0.4 is 4.90 Å². The Kier molecular flexibility index (Phi) is 3.69. The monoisotopic (exact) mass is 304 g/mol. The lowest BCUT2D eigenvalue weighted by Crippen LogP contribution is -2.56. The minimum Gasteiger partial charge on any atom is -0.341 e. The first-order valence-electron chi connectivity index (χ1n) is 7.47. The van der Waals surface area contributed by atoms with Crippen LogP contribution in [0.4, 0.5) is 5.69 Å². The molecule has 2 amide bonds. The summed E-state index contributed by atoms with van der Waals surface area (Å²) < 4.78 is -1.03. The van der Waals surface area contributed by atoms with Crippen LogP contribution in [0.25, 0.3) is 0 Å². The number of anilines is 1. The molecule has 112 valence electrons. The Morgan fingerprint density at radius 1 is 1.29 bits per heavy atom. The SMILES string of the molecule is CCN1C(=O)C(C)(C(=O)N2CCCC2)Sc2ccccc21. The molecule has 0 saturated carbocycles. The molecule has 21 heavy (non-hydrogen) atoms. The van der Waals surface area contributed by atoms with Gasteiger partial charge in [0.2, 0.25) is 5.91 Å². The fourth-order valence-electron chi connectivity index (χ4n) is 3.07. The van der Waals surface area contributed by atoms with Crippen molar-refractivity contribution in [1.29, 1.82) is 0 Å². The lowest BCUT2D eigenvalue weighted by molar-refractivity contribution is -0.137. The van der Waals surface area contributed by atoms with Crippen LogP contribution in [-0.2, 0) is 9.59 Å². The van der Waals surface area contributed by atoms with E-state index in [0.29, 0.717) is 6.54 Å². The summed E-state index contributed by atoms with van der Waals surface area (Å²) in [6.07, 6.45) is 2.07. The zero-order chi connectivity index (χ0) is 15.0. The minimum atomic E-state index is -1.03. The summed E-state index contributed by atoms with van der Waals surface area (Å²) in [5, 5.41) is 0. The Hall–Kier alpha value is -1.49. The van der Waals surface area contributed by atoms with E-state index >= 15 is 0 Å². The number of hydrogen-bond donors (Lipinski definition) is 0. The first-order chi connectivity index (χ1) is 10.1. The number of para-hydroxylation sites is 1. The minimum absolute atomic E-state index is 0.0389. The highest BCUT2D eigenvalue weighted by Crippen LogP contribution is 2.46. The number of nitrogens with zero attached hydrogens (tertiary/aromatic N) is 2. The van der Waals surface area contributed by atoms with Crippen molar-refractivity contribution < 1.29 is 9.59 Å². The normalized spacial score (nSPS) is 25.1. The third kappa shape index (κ3) is 2.24. The van der Waals surface area contributed by atoms with Crippen LogP contribution in [0.5, 0.6) is 0 Å². The van der Waals surface area contributed by atoms with Crippen LogP contribution >= 0.6 is 11.8 Å². The maximum atomic E-state index is 12.9. The van der Waals surface area contributed by atoms with E-state index in [1.54, 1.807) is 11.8 Å². The number of fused-ring (bicyclic) bond motifs is 1. The fraction of sp³-hybridized carbons (Fsp3) is 0.500. The van der Waals surface area contributed by atoms with Crippen LogP contribution in [0.15, 0.2) is 29.2 Å². The highest BCUT2D eigenvalue weighted by atomic mass is 32.2. The molecule has 0 N–H and O–H groups in total. The Labute approximate surface area is 129 Å². The summed E-state index contributed by atoms with van der Waals surface area (Å²) in [5.74, 6) is -0.131. The van der Waals surface area contributed by atoms with Gasteiger partial charge in [-0.05, 0) is 38.8 Å². The van der Waals surface area contributed by atoms with Gasteiger partial charge in [0, 0.05) is 24.5 Å². The molecule has 1 fully saturated rings. The summed E-state index contributed by atoms with van der Waals surface area (Å²) in [6, 6.07) is 7.82. The Morgan fingerprint density at radius 3 is 2.62 bits per heavy atom. The Bertz CT molecular complexity index is 583. The predicted molar refractivity (Wildman–Crippen MR) is 84.5 cm³/mol. The molecule has 0 bridgehead atoms. The van der Waals surface area contributed by atoms with Gasteiger partial charge in [-0.25, -0.2) is 0 Å². The highest BCUT2D eigenvalue weighted by Gasteiger charge is 2.50. The van der Waals surface area contributed by atoms with Gasteiger partial charge in [-0.1, -0.05) is 23.9 Å². The second-order valence-electron chi connectivity index (χ2n) is 5.65. The Balaban J connectivity index is 2.00. The zero-order valence-corrected chi connectivity index (χ0v) is 13.3. The van der Waals surface area contributed by atoms with E-state index in [0.717, 1.165) is 36.5 Å². The van der Waals surface area contributed by atoms with E-state index < -0.39 is 4.75 Å². The molecule has 0 aromatic heterocycles. The molecule has 2 aliphatic rings. The van der Waals surface area contributed by atoms with Gasteiger partial charge in [0.1, 0.15) is 0 Å². The number of benzene rings is 1. The summed E-state index contributed by atoms with van der Waals surface area (Å²) in [4.78, 5) is 30.3. The van der Waals surface area contributed by atoms with Gasteiger partial charge in [0.05, 0.1) is 5.69 Å². The molecule has 2 aliphatic heterocycles. The molecular weight excluding hydrogens is 284 g/mol. The maximum Gasteiger partial charge on any atom is 0.252 e. The lowest BCUT2D eigenvalue weighted by Gasteiger charge is -2.40. The van der Waals surface area contributed by atoms with Crippen LogP contribution in [0.3, 0.4) is 0 Å². The predicted octanol–water partition coefficient (Wildman–Crippen LogP) is 2.53. The summed E-state index contributed by atoms with van der Waals surface area (Å²) in [5.41, 5.74) is 0.918. The van der Waals surface area contributed by atoms with Crippen molar-refractivity contribution in [2.75, 3.05) is 24.5 Å². The quantitative estimate of drug-likeness (QED) is 0.788. The van der Waals surface area contributed by atoms with Crippen LogP contribution in [0.1, 0.15) is 26.7 Å². The molecule has 0 radical (unpaired) electrons. The number of carbonyl (C=O) groups excluding carboxylic acids is 2. The zero-order valence-electron chi connectivity index (χ0n) is 12.5. The molecular formula is C16H20N2O2S. The van der Waals surface area contributed by atoms with Gasteiger partial charge in [-0.3, -0.25) is 9.59 Å². The standard InChI is InChI=1S/C16H20N2O2S/c1-3-18-12-8-4-5-9-13(12)21-16(2,15(18)20)14(19)17-10-6-7-11-17/h4-5,8-9H,3,6-7,10-11H2,1-2H3. The highest BCUT2D eigenvalue weighted by molar-refractivity contribution is 8.02. The van der Waals surface area contributed by atoms with Gasteiger partial charge in [0.25, 0.3) is 5.91 Å². The van der Waals surface area contributed by atoms with E-state index in [1.807, 2.05) is 36.1 Å². The summed E-state index contributed by atoms with van der Waals surface area (Å²) >= 11 is 1.40. The lowest BCUT2D eigenvalue weighted by atomic mass is 10.1. The van der Waals surface area contributed by atoms with Crippen molar-refractivity contribution in [2.24, 2.45) is 0 Å². The van der Waals surface area contributed by atoms with Crippen molar-refractivity contribution in [3.05, 3.63) is 24.3 Å². The molecule has 1 aromatic carbocycles. The van der Waals surface area contributed by atoms with Gasteiger partial charge < -0.3 is 9.80 Å². The number of rotatable bonds is 2. The van der Waals surface area contributed by atoms with Gasteiger partial charge in [-0.2, -0.15) is 0 Å². The molecule has 4 nitrogen and oxygen atoms in total. The number of hydrogen-bond acceptors (Lipinski definition) is 3. The first-order valence-corrected chi connectivity index (χ1v) is 8.29. The average Bonchev–Trinajstić information content (AvgIpc) is 3.02. The number of thioether (sulfide) groups is 1. The molecule has 0 aliphatic carbocycles. The maximum absolute atomic E-state index is 12.9. The second-order valence-corrected chi connectivity index (χ2v) is 7.11. The van der Waals surface area contributed by atoms with Gasteiger partial charge in [-0.15, -0.1) is 0 Å². The molecule has 3 rings (SSSR count). The number of amides is 2. The summed E-state index contributed by atoms with van der Waals surface area (Å²) in [6.45, 7) is 5.86. The molecule has 1 saturated heterocycles. The topological polar surface area (TPSA) is 40.6 Å². The smallest absolute Gasteiger partial charge is 0.252 e. The number of carbonyl (C=O) groups is 2. The van der Waals surface area contributed by atoms with Crippen molar-refractivity contribution in [3.63, 3.8) is 0 Å². The second kappa shape index (κ2) is 5.37. The fourth-order valence-corrected chi connectivity index (χ4v) is 4.35. The Morgan fingerprint density at radius 2 is 1.95 bits per heavy atom. The third-order valence-corrected chi connectivity index (χ3v) is 5.56. The van der Waals surface area contributed by atoms with Crippen molar-refractivity contribution in [1.82, 2.24) is 4.90 Å². The van der Waals surface area contributed by atoms with Crippen LogP contribution in [0.2, 0.25) is 0 Å². The molecule has 2 heterocycles. The van der Waals surface area contributed by atoms with Crippen molar-refractivity contribution in [2.45, 2.75) is 36.3 Å². The third-order valence-electron chi connectivity index (χ3n) is 4.24. The average molecular weight is 304 g/mol. The van der Waals surface area contributed by atoms with E-state index in [2.05, 4.69) is 0 Å². The van der Waals surface area contributed by atoms with Crippen molar-refractivity contribution >= 4 is 29.3 Å². The number of likely N-dealkylation sites (tertiary alicyclic amines) is 1. The van der Waals surface area contributed by atoms with Crippen LogP contribution in [0, 0.1) is 0 Å². The van der Waals surface area contributed by atoms with E-state index in [1.165, 1.54) is 11.8 Å². The van der Waals surface area contributed by atoms with Crippen LogP contribution in [-0.4, -0.2) is 41.1 Å². The van der Waals surface area contributed by atoms with E-state index in [-0.39, 0.29) is 11.8 Å². The van der Waals surface area contributed by atoms with Crippen molar-refractivity contribution in [3.8, 4) is 0 Å². The van der Waals surface area contributed by atoms with Gasteiger partial charge >= 0.3 is 0 Å². The summed E-state index contributed by atoms with van der Waals surface area (Å²) in [7, 11) is 0. The molecule has 0 spiro atoms. The molecule has 5 heteroatoms. The molecule has 1 atom stereocenters. The van der Waals surface area contributed by atoms with E-state index in [9.17, 15) is 9.59 Å². The largest absolute Gasteiger partial charge is 0.341 e. The molecule has 1 unspecified atom stereocenters. The molecule has 1 aromatic rings. The van der Waals surface area contributed by atoms with Gasteiger partial charge in [0.15, 0.2) is 4.75 Å². The van der Waals surface area contributed by atoms with E-state index in [4.69, 9.17) is 0 Å². The first kappa shape index (κ1) is 14.4.